The van der Waals surface area contributed by atoms with E-state index in [1.807, 2.05) is 35.2 Å². The van der Waals surface area contributed by atoms with Crippen molar-refractivity contribution in [3.05, 3.63) is 59.9 Å². The van der Waals surface area contributed by atoms with E-state index < -0.39 is 0 Å². The largest absolute Gasteiger partial charge is 0.323 e. The predicted molar refractivity (Wildman–Crippen MR) is 91.0 cm³/mol. The highest BCUT2D eigenvalue weighted by atomic mass is 32.2. The minimum Gasteiger partial charge on any atom is -0.308 e. The van der Waals surface area contributed by atoms with Crippen molar-refractivity contribution >= 4 is 23.5 Å². The van der Waals surface area contributed by atoms with Crippen LogP contribution < -0.4 is 5.32 Å². The van der Waals surface area contributed by atoms with E-state index in [0.29, 0.717) is 0 Å². The highest BCUT2D eigenvalue weighted by Crippen LogP contribution is 2.37. The van der Waals surface area contributed by atoms with Crippen LogP contribution in [0.5, 0.6) is 0 Å². The van der Waals surface area contributed by atoms with Crippen LogP contribution in [0.3, 0.4) is 0 Å². The number of hydrogen-bond donors (Lipinski definition) is 1. The van der Waals surface area contributed by atoms with Crippen molar-refractivity contribution in [2.24, 2.45) is 0 Å². The van der Waals surface area contributed by atoms with Crippen molar-refractivity contribution in [2.45, 2.75) is 18.7 Å². The number of nitrogens with zero attached hydrogens (tertiary/aromatic N) is 2. The molecule has 2 aromatic rings. The van der Waals surface area contributed by atoms with Gasteiger partial charge < -0.3 is 10.2 Å². The monoisotopic (exact) mass is 313 g/mol. The Kier molecular flexibility index (Phi) is 4.63. The van der Waals surface area contributed by atoms with Gasteiger partial charge in [-0.15, -0.1) is 11.8 Å². The minimum absolute atomic E-state index is 0.0416. The van der Waals surface area contributed by atoms with E-state index >= 15 is 0 Å². The molecule has 1 unspecified atom stereocenters. The fraction of sp³-hybridized carbons (Fsp3) is 0.294. The van der Waals surface area contributed by atoms with Gasteiger partial charge in [-0.3, -0.25) is 4.98 Å². The summed E-state index contributed by atoms with van der Waals surface area (Å²) in [5.74, 6) is 0.954. The molecule has 0 aliphatic carbocycles. The van der Waals surface area contributed by atoms with Gasteiger partial charge in [0.1, 0.15) is 5.37 Å². The van der Waals surface area contributed by atoms with Gasteiger partial charge in [0.2, 0.25) is 0 Å². The molecule has 4 nitrogen and oxygen atoms in total. The molecule has 1 N–H and O–H groups in total. The molecule has 114 valence electrons. The van der Waals surface area contributed by atoms with E-state index in [1.165, 1.54) is 5.56 Å². The Morgan fingerprint density at radius 2 is 2.18 bits per heavy atom. The van der Waals surface area contributed by atoms with Gasteiger partial charge in [-0.2, -0.15) is 0 Å². The summed E-state index contributed by atoms with van der Waals surface area (Å²) in [7, 11) is 0. The topological polar surface area (TPSA) is 45.2 Å². The third kappa shape index (κ3) is 3.25. The number of aromatic nitrogens is 1. The number of thioether (sulfide) groups is 1. The molecule has 1 atom stereocenters. The number of pyridine rings is 1. The normalized spacial score (nSPS) is 17.5. The minimum atomic E-state index is -0.0416. The highest BCUT2D eigenvalue weighted by Gasteiger charge is 2.30. The Labute approximate surface area is 134 Å². The lowest BCUT2D eigenvalue weighted by Crippen LogP contribution is -2.34. The third-order valence-corrected chi connectivity index (χ3v) is 4.99. The van der Waals surface area contributed by atoms with Gasteiger partial charge in [0.05, 0.1) is 0 Å². The summed E-state index contributed by atoms with van der Waals surface area (Å²) in [6, 6.07) is 11.9. The van der Waals surface area contributed by atoms with E-state index in [1.54, 1.807) is 24.2 Å². The van der Waals surface area contributed by atoms with Crippen LogP contribution in [0.1, 0.15) is 23.4 Å². The summed E-state index contributed by atoms with van der Waals surface area (Å²) in [6.07, 6.45) is 4.51. The number of carbonyl (C=O) groups is 1. The molecule has 2 amide bonds. The first-order valence-electron chi connectivity index (χ1n) is 7.46. The van der Waals surface area contributed by atoms with Crippen LogP contribution in [-0.4, -0.2) is 28.2 Å². The predicted octanol–water partition coefficient (Wildman–Crippen LogP) is 3.92. The Bertz CT molecular complexity index is 647. The average Bonchev–Trinajstić information content (AvgIpc) is 3.05. The molecule has 1 aliphatic rings. The zero-order valence-electron chi connectivity index (χ0n) is 12.5. The second kappa shape index (κ2) is 6.83. The van der Waals surface area contributed by atoms with Crippen molar-refractivity contribution in [2.75, 3.05) is 17.6 Å². The Morgan fingerprint density at radius 3 is 2.95 bits per heavy atom. The van der Waals surface area contributed by atoms with Crippen molar-refractivity contribution in [3.63, 3.8) is 0 Å². The maximum absolute atomic E-state index is 12.6. The van der Waals surface area contributed by atoms with Crippen molar-refractivity contribution < 1.29 is 4.79 Å². The molecule has 0 spiro atoms. The van der Waals surface area contributed by atoms with E-state index in [-0.39, 0.29) is 11.4 Å². The van der Waals surface area contributed by atoms with Crippen LogP contribution in [0.2, 0.25) is 0 Å². The fourth-order valence-corrected chi connectivity index (χ4v) is 3.80. The van der Waals surface area contributed by atoms with Crippen LogP contribution in [0.15, 0.2) is 48.8 Å². The van der Waals surface area contributed by atoms with Gasteiger partial charge in [0, 0.05) is 30.4 Å². The SMILES string of the molecule is CCc1cccc(NC(=O)N2CCSC2c2ccncc2)c1. The molecule has 0 saturated carbocycles. The molecule has 1 saturated heterocycles. The summed E-state index contributed by atoms with van der Waals surface area (Å²) in [5.41, 5.74) is 3.20. The van der Waals surface area contributed by atoms with Crippen molar-refractivity contribution in [1.29, 1.82) is 0 Å². The van der Waals surface area contributed by atoms with Gasteiger partial charge in [-0.1, -0.05) is 19.1 Å². The van der Waals surface area contributed by atoms with Crippen LogP contribution >= 0.6 is 11.8 Å². The van der Waals surface area contributed by atoms with Gasteiger partial charge in [-0.05, 0) is 41.8 Å². The summed E-state index contributed by atoms with van der Waals surface area (Å²) >= 11 is 1.79. The molecule has 5 heteroatoms. The highest BCUT2D eigenvalue weighted by molar-refractivity contribution is 7.99. The molecule has 1 aromatic carbocycles. The van der Waals surface area contributed by atoms with E-state index in [2.05, 4.69) is 23.3 Å². The Balaban J connectivity index is 1.73. The summed E-state index contributed by atoms with van der Waals surface area (Å²) < 4.78 is 0. The Hall–Kier alpha value is -2.01. The van der Waals surface area contributed by atoms with E-state index in [9.17, 15) is 4.79 Å². The van der Waals surface area contributed by atoms with Crippen molar-refractivity contribution in [1.82, 2.24) is 9.88 Å². The molecule has 1 aliphatic heterocycles. The molecule has 2 heterocycles. The molecule has 0 radical (unpaired) electrons. The first kappa shape index (κ1) is 14.9. The lowest BCUT2D eigenvalue weighted by molar-refractivity contribution is 0.214. The van der Waals surface area contributed by atoms with Gasteiger partial charge in [-0.25, -0.2) is 4.79 Å². The number of anilines is 1. The quantitative estimate of drug-likeness (QED) is 0.934. The molecule has 1 fully saturated rings. The van der Waals surface area contributed by atoms with Gasteiger partial charge >= 0.3 is 6.03 Å². The lowest BCUT2D eigenvalue weighted by atomic mass is 10.1. The first-order chi connectivity index (χ1) is 10.8. The maximum Gasteiger partial charge on any atom is 0.323 e. The standard InChI is InChI=1S/C17H19N3OS/c1-2-13-4-3-5-15(12-13)19-17(21)20-10-11-22-16(20)14-6-8-18-9-7-14/h3-9,12,16H,2,10-11H2,1H3,(H,19,21). The van der Waals surface area contributed by atoms with Gasteiger partial charge in [0.15, 0.2) is 0 Å². The summed E-state index contributed by atoms with van der Waals surface area (Å²) in [4.78, 5) is 18.5. The van der Waals surface area contributed by atoms with Gasteiger partial charge in [0.25, 0.3) is 0 Å². The maximum atomic E-state index is 12.6. The number of amides is 2. The van der Waals surface area contributed by atoms with Crippen LogP contribution in [-0.2, 0) is 6.42 Å². The molecular formula is C17H19N3OS. The van der Waals surface area contributed by atoms with Crippen LogP contribution in [0, 0.1) is 0 Å². The lowest BCUT2D eigenvalue weighted by Gasteiger charge is -2.24. The summed E-state index contributed by atoms with van der Waals surface area (Å²) in [6.45, 7) is 2.87. The number of benzene rings is 1. The number of urea groups is 1. The zero-order valence-corrected chi connectivity index (χ0v) is 13.3. The average molecular weight is 313 g/mol. The summed E-state index contributed by atoms with van der Waals surface area (Å²) in [5, 5.41) is 3.08. The number of hydrogen-bond acceptors (Lipinski definition) is 3. The third-order valence-electron chi connectivity index (χ3n) is 3.73. The fourth-order valence-electron chi connectivity index (χ4n) is 2.55. The molecule has 0 bridgehead atoms. The number of rotatable bonds is 3. The van der Waals surface area contributed by atoms with E-state index in [0.717, 1.165) is 30.0 Å². The number of aryl methyl sites for hydroxylation is 1. The number of carbonyl (C=O) groups excluding carboxylic acids is 1. The Morgan fingerprint density at radius 1 is 1.36 bits per heavy atom. The molecule has 22 heavy (non-hydrogen) atoms. The van der Waals surface area contributed by atoms with E-state index in [4.69, 9.17) is 0 Å². The smallest absolute Gasteiger partial charge is 0.308 e. The first-order valence-corrected chi connectivity index (χ1v) is 8.51. The zero-order chi connectivity index (χ0) is 15.4. The van der Waals surface area contributed by atoms with Crippen molar-refractivity contribution in [3.8, 4) is 0 Å². The van der Waals surface area contributed by atoms with Crippen LogP contribution in [0.4, 0.5) is 10.5 Å². The second-order valence-electron chi connectivity index (χ2n) is 5.18. The molecular weight excluding hydrogens is 294 g/mol. The molecule has 1 aromatic heterocycles. The second-order valence-corrected chi connectivity index (χ2v) is 6.37. The molecule has 3 rings (SSSR count). The number of nitrogens with one attached hydrogen (secondary N) is 1. The van der Waals surface area contributed by atoms with Crippen LogP contribution in [0.25, 0.3) is 0 Å².